The Morgan fingerprint density at radius 2 is 1.77 bits per heavy atom. The lowest BCUT2D eigenvalue weighted by atomic mass is 9.96. The largest absolute Gasteiger partial charge is 0.316 e. The van der Waals surface area contributed by atoms with Crippen LogP contribution in [-0.4, -0.2) is 25.3 Å². The van der Waals surface area contributed by atoms with Gasteiger partial charge >= 0.3 is 0 Å². The summed E-state index contributed by atoms with van der Waals surface area (Å²) in [6.45, 7) is 2.04. The molecule has 0 bridgehead atoms. The Kier molecular flexibility index (Phi) is 4.10. The Balaban J connectivity index is 1.90. The highest BCUT2D eigenvalue weighted by Crippen LogP contribution is 2.41. The van der Waals surface area contributed by atoms with Crippen LogP contribution in [0.4, 0.5) is 5.00 Å². The van der Waals surface area contributed by atoms with Gasteiger partial charge in [0.25, 0.3) is 0 Å². The molecule has 1 aromatic rings. The number of carbonyl (C=O) groups is 1. The summed E-state index contributed by atoms with van der Waals surface area (Å²) < 4.78 is 23.2. The van der Waals surface area contributed by atoms with Crippen molar-refractivity contribution in [3.05, 3.63) is 16.0 Å². The summed E-state index contributed by atoms with van der Waals surface area (Å²) >= 11 is 1.63. The molecule has 6 heteroatoms. The van der Waals surface area contributed by atoms with E-state index in [1.54, 1.807) is 11.3 Å². The number of rotatable bonds is 3. The van der Waals surface area contributed by atoms with Crippen LogP contribution < -0.4 is 5.32 Å². The zero-order chi connectivity index (χ0) is 16.0. The van der Waals surface area contributed by atoms with E-state index < -0.39 is 14.6 Å². The van der Waals surface area contributed by atoms with E-state index in [-0.39, 0.29) is 5.91 Å². The predicted molar refractivity (Wildman–Crippen MR) is 90.4 cm³/mol. The molecule has 122 valence electrons. The van der Waals surface area contributed by atoms with Crippen molar-refractivity contribution in [2.45, 2.75) is 63.0 Å². The van der Waals surface area contributed by atoms with Gasteiger partial charge in [-0.1, -0.05) is 12.8 Å². The molecule has 0 saturated heterocycles. The van der Waals surface area contributed by atoms with Gasteiger partial charge in [0.05, 0.1) is 5.00 Å². The van der Waals surface area contributed by atoms with Gasteiger partial charge in [0.2, 0.25) is 5.91 Å². The fourth-order valence-electron chi connectivity index (χ4n) is 3.77. The first-order chi connectivity index (χ1) is 10.3. The molecule has 1 amide bonds. The van der Waals surface area contributed by atoms with Gasteiger partial charge in [0.15, 0.2) is 14.6 Å². The lowest BCUT2D eigenvalue weighted by Crippen LogP contribution is -2.46. The molecule has 0 aliphatic heterocycles. The van der Waals surface area contributed by atoms with E-state index in [2.05, 4.69) is 5.32 Å². The van der Waals surface area contributed by atoms with Crippen molar-refractivity contribution in [3.8, 4) is 0 Å². The van der Waals surface area contributed by atoms with E-state index in [1.807, 2.05) is 6.92 Å². The van der Waals surface area contributed by atoms with Gasteiger partial charge in [-0.2, -0.15) is 0 Å². The summed E-state index contributed by atoms with van der Waals surface area (Å²) in [5.41, 5.74) is 2.50. The van der Waals surface area contributed by atoms with Gasteiger partial charge in [-0.15, -0.1) is 11.3 Å². The number of anilines is 1. The number of hydrogen-bond acceptors (Lipinski definition) is 4. The summed E-state index contributed by atoms with van der Waals surface area (Å²) in [6, 6.07) is 0. The van der Waals surface area contributed by atoms with E-state index in [1.165, 1.54) is 29.5 Å². The van der Waals surface area contributed by atoms with Crippen molar-refractivity contribution in [2.24, 2.45) is 0 Å². The summed E-state index contributed by atoms with van der Waals surface area (Å²) in [4.78, 5) is 14.1. The van der Waals surface area contributed by atoms with Crippen LogP contribution in [0, 0.1) is 6.92 Å². The lowest BCUT2D eigenvalue weighted by Gasteiger charge is -2.25. The third kappa shape index (κ3) is 2.50. The first kappa shape index (κ1) is 16.0. The van der Waals surface area contributed by atoms with Gasteiger partial charge in [-0.05, 0) is 56.6 Å². The van der Waals surface area contributed by atoms with Crippen LogP contribution in [0.2, 0.25) is 0 Å². The number of hydrogen-bond donors (Lipinski definition) is 1. The van der Waals surface area contributed by atoms with E-state index in [9.17, 15) is 13.2 Å². The van der Waals surface area contributed by atoms with E-state index in [0.29, 0.717) is 12.8 Å². The minimum Gasteiger partial charge on any atom is -0.316 e. The summed E-state index contributed by atoms with van der Waals surface area (Å²) in [5, 5.41) is 3.81. The number of amides is 1. The van der Waals surface area contributed by atoms with Crippen LogP contribution in [0.3, 0.4) is 0 Å². The van der Waals surface area contributed by atoms with Gasteiger partial charge in [0, 0.05) is 11.1 Å². The Morgan fingerprint density at radius 3 is 2.36 bits per heavy atom. The van der Waals surface area contributed by atoms with E-state index in [0.717, 1.165) is 36.2 Å². The van der Waals surface area contributed by atoms with Crippen molar-refractivity contribution in [3.63, 3.8) is 0 Å². The molecule has 1 fully saturated rings. The zero-order valence-corrected chi connectivity index (χ0v) is 14.8. The molecule has 2 aliphatic rings. The number of nitrogens with one attached hydrogen (secondary N) is 1. The Labute approximate surface area is 136 Å². The van der Waals surface area contributed by atoms with Gasteiger partial charge < -0.3 is 5.32 Å². The molecule has 2 aliphatic carbocycles. The Hall–Kier alpha value is -0.880. The molecule has 0 radical (unpaired) electrons. The maximum atomic E-state index is 12.8. The zero-order valence-electron chi connectivity index (χ0n) is 13.2. The van der Waals surface area contributed by atoms with Crippen LogP contribution in [0.5, 0.6) is 0 Å². The molecular formula is C16H23NO3S2. The molecule has 0 atom stereocenters. The van der Waals surface area contributed by atoms with Crippen LogP contribution in [0.1, 0.15) is 54.5 Å². The second-order valence-electron chi connectivity index (χ2n) is 6.59. The average molecular weight is 341 g/mol. The molecule has 1 N–H and O–H groups in total. The molecule has 1 heterocycles. The first-order valence-electron chi connectivity index (χ1n) is 7.97. The van der Waals surface area contributed by atoms with Crippen LogP contribution in [0.15, 0.2) is 0 Å². The quantitative estimate of drug-likeness (QED) is 0.918. The summed E-state index contributed by atoms with van der Waals surface area (Å²) in [7, 11) is -3.41. The number of carbonyl (C=O) groups excluding carboxylic acids is 1. The van der Waals surface area contributed by atoms with Gasteiger partial charge in [-0.25, -0.2) is 8.42 Å². The van der Waals surface area contributed by atoms with E-state index >= 15 is 0 Å². The van der Waals surface area contributed by atoms with Crippen molar-refractivity contribution < 1.29 is 13.2 Å². The van der Waals surface area contributed by atoms with Crippen LogP contribution in [0.25, 0.3) is 0 Å². The van der Waals surface area contributed by atoms with Crippen molar-refractivity contribution in [1.82, 2.24) is 0 Å². The topological polar surface area (TPSA) is 63.2 Å². The minimum absolute atomic E-state index is 0.325. The third-order valence-electron chi connectivity index (χ3n) is 5.20. The molecule has 0 unspecified atom stereocenters. The smallest absolute Gasteiger partial charge is 0.246 e. The minimum atomic E-state index is -3.41. The highest BCUT2D eigenvalue weighted by atomic mass is 32.2. The molecule has 22 heavy (non-hydrogen) atoms. The summed E-state index contributed by atoms with van der Waals surface area (Å²) in [6.07, 6.45) is 8.26. The third-order valence-corrected chi connectivity index (χ3v) is 8.52. The molecule has 1 saturated carbocycles. The number of aryl methyl sites for hydroxylation is 1. The van der Waals surface area contributed by atoms with Crippen molar-refractivity contribution >= 4 is 32.1 Å². The van der Waals surface area contributed by atoms with Gasteiger partial charge in [-0.3, -0.25) is 4.79 Å². The number of fused-ring (bicyclic) bond motifs is 1. The highest BCUT2D eigenvalue weighted by Gasteiger charge is 2.50. The highest BCUT2D eigenvalue weighted by molar-refractivity contribution is 7.93. The van der Waals surface area contributed by atoms with E-state index in [4.69, 9.17) is 0 Å². The Bertz CT molecular complexity index is 697. The lowest BCUT2D eigenvalue weighted by molar-refractivity contribution is -0.118. The molecule has 4 nitrogen and oxygen atoms in total. The van der Waals surface area contributed by atoms with Crippen LogP contribution in [-0.2, 0) is 27.5 Å². The number of thiophene rings is 1. The first-order valence-corrected chi connectivity index (χ1v) is 10.7. The Morgan fingerprint density at radius 1 is 1.14 bits per heavy atom. The number of sulfone groups is 1. The second-order valence-corrected chi connectivity index (χ2v) is 10.0. The fourth-order valence-corrected chi connectivity index (χ4v) is 6.48. The SMILES string of the molecule is Cc1c(NC(=O)C2(S(C)(=O)=O)CCCC2)sc2c1CCCC2. The predicted octanol–water partition coefficient (Wildman–Crippen LogP) is 3.23. The van der Waals surface area contributed by atoms with Crippen LogP contribution >= 0.6 is 11.3 Å². The van der Waals surface area contributed by atoms with Gasteiger partial charge in [0.1, 0.15) is 0 Å². The molecular weight excluding hydrogens is 318 g/mol. The monoisotopic (exact) mass is 341 g/mol. The standard InChI is InChI=1S/C16H23NO3S2/c1-11-12-7-3-4-8-13(12)21-14(11)17-15(18)16(22(2,19)20)9-5-6-10-16/h3-10H2,1-2H3,(H,17,18). The molecule has 3 rings (SSSR count). The van der Waals surface area contributed by atoms with Crippen molar-refractivity contribution in [2.75, 3.05) is 11.6 Å². The maximum absolute atomic E-state index is 12.8. The maximum Gasteiger partial charge on any atom is 0.246 e. The fraction of sp³-hybridized carbons (Fsp3) is 0.688. The normalized spacial score (nSPS) is 20.6. The average Bonchev–Trinajstić information content (AvgIpc) is 3.06. The second kappa shape index (κ2) is 5.64. The summed E-state index contributed by atoms with van der Waals surface area (Å²) in [5.74, 6) is -0.325. The molecule has 1 aromatic heterocycles. The molecule has 0 aromatic carbocycles. The molecule has 0 spiro atoms. The van der Waals surface area contributed by atoms with Crippen molar-refractivity contribution in [1.29, 1.82) is 0 Å².